The Morgan fingerprint density at radius 3 is 2.71 bits per heavy atom. The Labute approximate surface area is 180 Å². The van der Waals surface area contributed by atoms with Crippen LogP contribution in [0.1, 0.15) is 6.92 Å². The quantitative estimate of drug-likeness (QED) is 0.488. The molecule has 1 aliphatic rings. The molecule has 0 radical (unpaired) electrons. The molecule has 31 heavy (non-hydrogen) atoms. The summed E-state index contributed by atoms with van der Waals surface area (Å²) in [7, 11) is 0. The third-order valence-corrected chi connectivity index (χ3v) is 5.13. The highest BCUT2D eigenvalue weighted by molar-refractivity contribution is 6.00. The number of nitrogens with zero attached hydrogens (tertiary/aromatic N) is 2. The average molecular weight is 422 g/mol. The molecule has 0 atom stereocenters. The van der Waals surface area contributed by atoms with Gasteiger partial charge in [0.1, 0.15) is 0 Å². The van der Waals surface area contributed by atoms with Crippen molar-refractivity contribution in [1.29, 1.82) is 0 Å². The molecule has 9 nitrogen and oxygen atoms in total. The zero-order chi connectivity index (χ0) is 21.6. The zero-order valence-corrected chi connectivity index (χ0v) is 17.4. The van der Waals surface area contributed by atoms with Crippen LogP contribution in [-0.2, 0) is 9.53 Å². The third-order valence-electron chi connectivity index (χ3n) is 5.13. The van der Waals surface area contributed by atoms with Gasteiger partial charge in [-0.3, -0.25) is 20.1 Å². The predicted octanol–water partition coefficient (Wildman–Crippen LogP) is 2.64. The minimum absolute atomic E-state index is 0.111. The first-order chi connectivity index (χ1) is 15.1. The zero-order valence-electron chi connectivity index (χ0n) is 17.4. The first kappa shape index (κ1) is 20.8. The van der Waals surface area contributed by atoms with Crippen molar-refractivity contribution in [2.24, 2.45) is 0 Å². The molecule has 1 aliphatic heterocycles. The molecule has 0 unspecified atom stereocenters. The fourth-order valence-electron chi connectivity index (χ4n) is 3.58. The van der Waals surface area contributed by atoms with Crippen LogP contribution in [0.4, 0.5) is 16.3 Å². The lowest BCUT2D eigenvalue weighted by Gasteiger charge is -2.26. The Bertz CT molecular complexity index is 1070. The van der Waals surface area contributed by atoms with E-state index in [1.165, 1.54) is 6.92 Å². The summed E-state index contributed by atoms with van der Waals surface area (Å²) < 4.78 is 5.33. The minimum atomic E-state index is -0.284. The summed E-state index contributed by atoms with van der Waals surface area (Å²) in [5.74, 6) is 0.373. The lowest BCUT2D eigenvalue weighted by Crippen LogP contribution is -2.42. The standard InChI is InChI=1S/C22H26N6O3/c1-15(29)24-18-4-2-3-16(13-18)17-5-6-19-20(14-17)26-27-21(19)25-22(30)23-7-8-28-9-11-31-12-10-28/h2-6,13-14H,7-12H2,1H3,(H,24,29)(H3,23,25,26,27,30). The molecule has 1 aromatic heterocycles. The lowest BCUT2D eigenvalue weighted by molar-refractivity contribution is -0.114. The van der Waals surface area contributed by atoms with Gasteiger partial charge < -0.3 is 15.4 Å². The van der Waals surface area contributed by atoms with Gasteiger partial charge in [-0.05, 0) is 35.4 Å². The van der Waals surface area contributed by atoms with Gasteiger partial charge in [-0.15, -0.1) is 0 Å². The molecule has 2 heterocycles. The molecule has 162 valence electrons. The number of fused-ring (bicyclic) bond motifs is 1. The number of amides is 3. The fourth-order valence-corrected chi connectivity index (χ4v) is 3.58. The maximum atomic E-state index is 12.3. The molecule has 9 heteroatoms. The van der Waals surface area contributed by atoms with Crippen molar-refractivity contribution in [3.05, 3.63) is 42.5 Å². The molecule has 0 bridgehead atoms. The van der Waals surface area contributed by atoms with Gasteiger partial charge in [0.15, 0.2) is 5.82 Å². The van der Waals surface area contributed by atoms with Gasteiger partial charge in [0.05, 0.1) is 18.7 Å². The summed E-state index contributed by atoms with van der Waals surface area (Å²) in [6.07, 6.45) is 0. The molecule has 4 rings (SSSR count). The van der Waals surface area contributed by atoms with Gasteiger partial charge in [0, 0.05) is 44.2 Å². The molecular weight excluding hydrogens is 396 g/mol. The largest absolute Gasteiger partial charge is 0.379 e. The molecule has 2 aromatic carbocycles. The molecule has 4 N–H and O–H groups in total. The number of H-pyrrole nitrogens is 1. The normalized spacial score (nSPS) is 14.4. The number of rotatable bonds is 6. The van der Waals surface area contributed by atoms with Gasteiger partial charge >= 0.3 is 6.03 Å². The maximum absolute atomic E-state index is 12.3. The number of carbonyl (C=O) groups excluding carboxylic acids is 2. The van der Waals surface area contributed by atoms with Crippen molar-refractivity contribution in [3.63, 3.8) is 0 Å². The number of hydrogen-bond acceptors (Lipinski definition) is 5. The molecular formula is C22H26N6O3. The highest BCUT2D eigenvalue weighted by atomic mass is 16.5. The first-order valence-electron chi connectivity index (χ1n) is 10.3. The fraction of sp³-hybridized carbons (Fsp3) is 0.318. The summed E-state index contributed by atoms with van der Waals surface area (Å²) in [4.78, 5) is 25.8. The number of urea groups is 1. The number of benzene rings is 2. The Balaban J connectivity index is 1.39. The van der Waals surface area contributed by atoms with Crippen molar-refractivity contribution in [3.8, 4) is 11.1 Å². The van der Waals surface area contributed by atoms with Gasteiger partial charge in [0.2, 0.25) is 5.91 Å². The Morgan fingerprint density at radius 2 is 1.90 bits per heavy atom. The van der Waals surface area contributed by atoms with Crippen molar-refractivity contribution in [2.45, 2.75) is 6.92 Å². The Morgan fingerprint density at radius 1 is 1.10 bits per heavy atom. The van der Waals surface area contributed by atoms with E-state index in [1.54, 1.807) is 0 Å². The van der Waals surface area contributed by atoms with E-state index in [1.807, 2.05) is 42.5 Å². The second-order valence-corrected chi connectivity index (χ2v) is 7.43. The van der Waals surface area contributed by atoms with E-state index in [-0.39, 0.29) is 11.9 Å². The number of aromatic amines is 1. The first-order valence-corrected chi connectivity index (χ1v) is 10.3. The van der Waals surface area contributed by atoms with Crippen molar-refractivity contribution >= 4 is 34.3 Å². The minimum Gasteiger partial charge on any atom is -0.379 e. The van der Waals surface area contributed by atoms with Crippen LogP contribution in [0.25, 0.3) is 22.0 Å². The number of anilines is 2. The third kappa shape index (κ3) is 5.39. The maximum Gasteiger partial charge on any atom is 0.320 e. The summed E-state index contributed by atoms with van der Waals surface area (Å²) >= 11 is 0. The van der Waals surface area contributed by atoms with E-state index >= 15 is 0 Å². The highest BCUT2D eigenvalue weighted by Crippen LogP contribution is 2.28. The molecule has 3 amide bonds. The van der Waals surface area contributed by atoms with Crippen LogP contribution < -0.4 is 16.0 Å². The Hall–Kier alpha value is -3.43. The number of aromatic nitrogens is 2. The molecule has 0 aliphatic carbocycles. The van der Waals surface area contributed by atoms with Gasteiger partial charge in [0.25, 0.3) is 0 Å². The average Bonchev–Trinajstić information content (AvgIpc) is 3.16. The number of nitrogens with one attached hydrogen (secondary N) is 4. The predicted molar refractivity (Wildman–Crippen MR) is 120 cm³/mol. The van der Waals surface area contributed by atoms with E-state index < -0.39 is 0 Å². The van der Waals surface area contributed by atoms with E-state index in [2.05, 4.69) is 31.0 Å². The molecule has 0 spiro atoms. The SMILES string of the molecule is CC(=O)Nc1cccc(-c2ccc3c(NC(=O)NCCN4CCOCC4)n[nH]c3c2)c1. The van der Waals surface area contributed by atoms with Crippen LogP contribution in [0.2, 0.25) is 0 Å². The topological polar surface area (TPSA) is 111 Å². The summed E-state index contributed by atoms with van der Waals surface area (Å²) in [5, 5.41) is 16.5. The smallest absolute Gasteiger partial charge is 0.320 e. The highest BCUT2D eigenvalue weighted by Gasteiger charge is 2.12. The van der Waals surface area contributed by atoms with Crippen molar-refractivity contribution in [1.82, 2.24) is 20.4 Å². The number of carbonyl (C=O) groups is 2. The molecule has 0 saturated carbocycles. The van der Waals surface area contributed by atoms with Crippen molar-refractivity contribution in [2.75, 3.05) is 50.0 Å². The molecule has 3 aromatic rings. The van der Waals surface area contributed by atoms with E-state index in [0.29, 0.717) is 12.4 Å². The Kier molecular flexibility index (Phi) is 6.44. The van der Waals surface area contributed by atoms with Gasteiger partial charge in [-0.1, -0.05) is 18.2 Å². The number of morpholine rings is 1. The van der Waals surface area contributed by atoms with Crippen LogP contribution in [0.15, 0.2) is 42.5 Å². The second kappa shape index (κ2) is 9.59. The summed E-state index contributed by atoms with van der Waals surface area (Å²) in [6.45, 7) is 6.10. The molecule has 1 saturated heterocycles. The van der Waals surface area contributed by atoms with E-state index in [9.17, 15) is 9.59 Å². The lowest BCUT2D eigenvalue weighted by atomic mass is 10.0. The van der Waals surface area contributed by atoms with Gasteiger partial charge in [-0.25, -0.2) is 4.79 Å². The second-order valence-electron chi connectivity index (χ2n) is 7.43. The van der Waals surface area contributed by atoms with Crippen LogP contribution in [0, 0.1) is 0 Å². The number of hydrogen-bond donors (Lipinski definition) is 4. The van der Waals surface area contributed by atoms with E-state index in [0.717, 1.165) is 60.6 Å². The van der Waals surface area contributed by atoms with Gasteiger partial charge in [-0.2, -0.15) is 5.10 Å². The number of ether oxygens (including phenoxy) is 1. The van der Waals surface area contributed by atoms with Crippen LogP contribution in [-0.4, -0.2) is 66.4 Å². The van der Waals surface area contributed by atoms with Crippen molar-refractivity contribution < 1.29 is 14.3 Å². The monoisotopic (exact) mass is 422 g/mol. The van der Waals surface area contributed by atoms with Crippen LogP contribution in [0.3, 0.4) is 0 Å². The van der Waals surface area contributed by atoms with Crippen LogP contribution in [0.5, 0.6) is 0 Å². The molecule has 1 fully saturated rings. The van der Waals surface area contributed by atoms with E-state index in [4.69, 9.17) is 4.74 Å². The summed E-state index contributed by atoms with van der Waals surface area (Å²) in [5.41, 5.74) is 3.50. The summed E-state index contributed by atoms with van der Waals surface area (Å²) in [6, 6.07) is 13.2. The van der Waals surface area contributed by atoms with Crippen LogP contribution >= 0.6 is 0 Å².